The number of likely N-dealkylation sites (tertiary alicyclic amines) is 1. The van der Waals surface area contributed by atoms with Crippen LogP contribution >= 0.6 is 0 Å². The minimum Gasteiger partial charge on any atom is -0.394 e. The second kappa shape index (κ2) is 11.7. The Kier molecular flexibility index (Phi) is 8.88. The van der Waals surface area contributed by atoms with Crippen LogP contribution in [0.25, 0.3) is 0 Å². The fraction of sp³-hybridized carbons (Fsp3) is 0.613. The van der Waals surface area contributed by atoms with Crippen molar-refractivity contribution in [2.24, 2.45) is 5.92 Å². The van der Waals surface area contributed by atoms with Gasteiger partial charge in [0.15, 0.2) is 5.60 Å². The lowest BCUT2D eigenvalue weighted by Gasteiger charge is -2.31. The molecule has 0 bridgehead atoms. The summed E-state index contributed by atoms with van der Waals surface area (Å²) >= 11 is 0. The number of hydrogen-bond acceptors (Lipinski definition) is 4. The number of nitrogens with zero attached hydrogens (tertiary/aromatic N) is 2. The van der Waals surface area contributed by atoms with Crippen molar-refractivity contribution in [3.05, 3.63) is 53.1 Å². The molecule has 0 aliphatic carbocycles. The van der Waals surface area contributed by atoms with Crippen LogP contribution in [0.5, 0.6) is 0 Å². The first-order chi connectivity index (χ1) is 18.4. The number of fused-ring (bicyclic) bond motifs is 2. The molecule has 3 aliphatic heterocycles. The van der Waals surface area contributed by atoms with Crippen LogP contribution in [-0.2, 0) is 19.9 Å². The van der Waals surface area contributed by atoms with Gasteiger partial charge in [-0.1, -0.05) is 48.4 Å². The molecule has 0 radical (unpaired) electrons. The highest BCUT2D eigenvalue weighted by Gasteiger charge is 2.66. The van der Waals surface area contributed by atoms with Crippen LogP contribution in [0.2, 0.25) is 18.6 Å². The normalized spacial score (nSPS) is 28.9. The molecule has 8 heteroatoms. The zero-order chi connectivity index (χ0) is 28.5. The van der Waals surface area contributed by atoms with Crippen molar-refractivity contribution in [1.82, 2.24) is 4.90 Å². The second-order valence-corrected chi connectivity index (χ2v) is 16.1. The molecule has 3 aliphatic rings. The van der Waals surface area contributed by atoms with Gasteiger partial charge in [-0.05, 0) is 65.6 Å². The summed E-state index contributed by atoms with van der Waals surface area (Å²) in [6, 6.07) is 7.47. The minimum absolute atomic E-state index is 0.0203. The maximum atomic E-state index is 16.0. The van der Waals surface area contributed by atoms with Gasteiger partial charge >= 0.3 is 0 Å². The number of hydrogen-bond donors (Lipinski definition) is 1. The molecule has 0 aromatic heterocycles. The number of ether oxygens (including phenoxy) is 1. The molecule has 0 unspecified atom stereocenters. The van der Waals surface area contributed by atoms with E-state index in [-0.39, 0.29) is 30.9 Å². The van der Waals surface area contributed by atoms with E-state index in [0.717, 1.165) is 36.9 Å². The highest BCUT2D eigenvalue weighted by atomic mass is 28.4. The van der Waals surface area contributed by atoms with Gasteiger partial charge in [-0.15, -0.1) is 0 Å². The number of aliphatic hydroxyl groups is 1. The van der Waals surface area contributed by atoms with Crippen molar-refractivity contribution in [1.29, 1.82) is 0 Å². The first-order valence-electron chi connectivity index (χ1n) is 14.4. The van der Waals surface area contributed by atoms with E-state index in [9.17, 15) is 14.7 Å². The van der Waals surface area contributed by atoms with Gasteiger partial charge in [-0.25, -0.2) is 0 Å². The molecule has 2 saturated heterocycles. The van der Waals surface area contributed by atoms with Gasteiger partial charge in [0.1, 0.15) is 0 Å². The van der Waals surface area contributed by atoms with E-state index < -0.39 is 31.6 Å². The quantitative estimate of drug-likeness (QED) is 0.235. The summed E-state index contributed by atoms with van der Waals surface area (Å²) in [6.45, 7) is 12.4. The average molecular weight is 557 g/mol. The van der Waals surface area contributed by atoms with Crippen LogP contribution in [0, 0.1) is 5.92 Å². The molecule has 1 aromatic rings. The molecule has 5 atom stereocenters. The van der Waals surface area contributed by atoms with E-state index in [2.05, 4.69) is 32.9 Å². The number of amides is 2. The maximum absolute atomic E-state index is 16.0. The number of anilines is 1. The van der Waals surface area contributed by atoms with Crippen LogP contribution in [0.4, 0.5) is 9.80 Å². The maximum Gasteiger partial charge on any atom is 0.264 e. The van der Waals surface area contributed by atoms with E-state index >= 15 is 4.11 Å². The number of para-hydroxylation sites is 1. The summed E-state index contributed by atoms with van der Waals surface area (Å²) in [4.78, 5) is 31.2. The number of aliphatic hydroxyl groups excluding tert-OH is 1. The molecule has 4 rings (SSSR count). The van der Waals surface area contributed by atoms with Gasteiger partial charge in [0.2, 0.25) is 14.3 Å². The summed E-state index contributed by atoms with van der Waals surface area (Å²) in [6.07, 6.45) is 7.13. The predicted molar refractivity (Wildman–Crippen MR) is 156 cm³/mol. The Morgan fingerprint density at radius 3 is 2.62 bits per heavy atom. The molecule has 2 amide bonds. The third-order valence-corrected chi connectivity index (χ3v) is 11.3. The van der Waals surface area contributed by atoms with Crippen LogP contribution in [-0.4, -0.2) is 62.1 Å². The summed E-state index contributed by atoms with van der Waals surface area (Å²) < 4.78 is 22.7. The molecule has 1 aromatic carbocycles. The van der Waals surface area contributed by atoms with Crippen molar-refractivity contribution in [3.8, 4) is 0 Å². The fourth-order valence-corrected chi connectivity index (χ4v) is 9.46. The number of rotatable bonds is 9. The molecule has 0 saturated carbocycles. The smallest absolute Gasteiger partial charge is 0.264 e. The Hall–Kier alpha value is -2.29. The Balaban J connectivity index is 1.64. The number of carbonyl (C=O) groups is 2. The van der Waals surface area contributed by atoms with Crippen molar-refractivity contribution in [2.45, 2.75) is 96.2 Å². The molecule has 3 heterocycles. The molecular formula is C31H45FN2O4Si. The van der Waals surface area contributed by atoms with Gasteiger partial charge < -0.3 is 23.8 Å². The van der Waals surface area contributed by atoms with Crippen LogP contribution in [0.3, 0.4) is 0 Å². The standard InChI is InChI=1S/C31H45FN2O4Si/c1-21(2)11-9-12-22(3)16-18-34-26-15-8-7-14-25(26)31(30(34)37)23(4)29(39(5,6)32)27(38-31)19-28(36)33-17-10-13-24(33)20-35/h7-8,11,14-16,23-24,27,29,35H,9-10,12-13,17-20H2,1-6H3/b22-16+/t23-,24+,27+,29-,31+/m1/s1. The lowest BCUT2D eigenvalue weighted by Crippen LogP contribution is -2.45. The van der Waals surface area contributed by atoms with Crippen molar-refractivity contribution in [2.75, 3.05) is 24.6 Å². The number of carbonyl (C=O) groups excluding carboxylic acids is 2. The van der Waals surface area contributed by atoms with E-state index in [1.165, 1.54) is 11.1 Å². The van der Waals surface area contributed by atoms with E-state index in [1.54, 1.807) is 22.9 Å². The fourth-order valence-electron chi connectivity index (χ4n) is 6.96. The Bertz CT molecular complexity index is 1140. The molecule has 39 heavy (non-hydrogen) atoms. The zero-order valence-electron chi connectivity index (χ0n) is 24.4. The number of allylic oxidation sites excluding steroid dienone is 3. The molecular weight excluding hydrogens is 511 g/mol. The third-order valence-electron chi connectivity index (χ3n) is 8.87. The van der Waals surface area contributed by atoms with Crippen molar-refractivity contribution >= 4 is 25.9 Å². The van der Waals surface area contributed by atoms with Gasteiger partial charge in [0.25, 0.3) is 5.91 Å². The van der Waals surface area contributed by atoms with Crippen LogP contribution < -0.4 is 4.90 Å². The zero-order valence-corrected chi connectivity index (χ0v) is 25.4. The average Bonchev–Trinajstić information content (AvgIpc) is 3.52. The lowest BCUT2D eigenvalue weighted by molar-refractivity contribution is -0.149. The van der Waals surface area contributed by atoms with Crippen LogP contribution in [0.1, 0.15) is 65.4 Å². The topological polar surface area (TPSA) is 70.1 Å². The summed E-state index contributed by atoms with van der Waals surface area (Å²) in [5, 5.41) is 9.74. The molecule has 1 spiro atoms. The van der Waals surface area contributed by atoms with Gasteiger partial charge in [-0.3, -0.25) is 9.59 Å². The van der Waals surface area contributed by atoms with Gasteiger partial charge in [-0.2, -0.15) is 0 Å². The highest BCUT2D eigenvalue weighted by Crippen LogP contribution is 2.60. The molecule has 6 nitrogen and oxygen atoms in total. The summed E-state index contributed by atoms with van der Waals surface area (Å²) in [5.74, 6) is -0.720. The first kappa shape index (κ1) is 29.7. The van der Waals surface area contributed by atoms with Gasteiger partial charge in [0, 0.05) is 30.1 Å². The van der Waals surface area contributed by atoms with Crippen molar-refractivity contribution in [3.63, 3.8) is 0 Å². The molecule has 1 N–H and O–H groups in total. The van der Waals surface area contributed by atoms with E-state index in [4.69, 9.17) is 4.74 Å². The molecule has 214 valence electrons. The van der Waals surface area contributed by atoms with E-state index in [0.29, 0.717) is 13.1 Å². The Morgan fingerprint density at radius 2 is 1.95 bits per heavy atom. The molecule has 2 fully saturated rings. The third kappa shape index (κ3) is 5.65. The number of halogens is 1. The predicted octanol–water partition coefficient (Wildman–Crippen LogP) is 5.87. The Labute approximate surface area is 234 Å². The summed E-state index contributed by atoms with van der Waals surface area (Å²) in [7, 11) is -3.34. The van der Waals surface area contributed by atoms with Gasteiger partial charge in [0.05, 0.1) is 30.9 Å². The van der Waals surface area contributed by atoms with E-state index in [1.807, 2.05) is 31.2 Å². The highest BCUT2D eigenvalue weighted by molar-refractivity contribution is 6.72. The lowest BCUT2D eigenvalue weighted by atomic mass is 9.82. The Morgan fingerprint density at radius 1 is 1.23 bits per heavy atom. The first-order valence-corrected chi connectivity index (χ1v) is 17.3. The van der Waals surface area contributed by atoms with Crippen molar-refractivity contribution < 1.29 is 23.5 Å². The SMILES string of the molecule is CC(C)=CCC/C(C)=C/CN1C(=O)[C@@]2(O[C@@H](CC(=O)N3CCC[C@H]3CO)[C@H]([Si](C)(C)F)[C@H]2C)c2ccccc21. The monoisotopic (exact) mass is 556 g/mol. The number of benzene rings is 1. The minimum atomic E-state index is -3.34. The van der Waals surface area contributed by atoms with Crippen LogP contribution in [0.15, 0.2) is 47.6 Å². The summed E-state index contributed by atoms with van der Waals surface area (Å²) in [5.41, 5.74) is 2.24. The largest absolute Gasteiger partial charge is 0.394 e. The second-order valence-electron chi connectivity index (χ2n) is 12.3.